The third-order valence-electron chi connectivity index (χ3n) is 3.03. The molecule has 0 aliphatic rings. The predicted octanol–water partition coefficient (Wildman–Crippen LogP) is 2.91. The van der Waals surface area contributed by atoms with Crippen LogP contribution in [0.2, 0.25) is 0 Å². The summed E-state index contributed by atoms with van der Waals surface area (Å²) in [5.41, 5.74) is 2.07. The maximum atomic E-state index is 12.2. The van der Waals surface area contributed by atoms with Crippen molar-refractivity contribution in [3.63, 3.8) is 0 Å². The largest absolute Gasteiger partial charge is 0.361 e. The van der Waals surface area contributed by atoms with Gasteiger partial charge in [-0.1, -0.05) is 24.3 Å². The fourth-order valence-electron chi connectivity index (χ4n) is 2.08. The molecule has 0 bridgehead atoms. The van der Waals surface area contributed by atoms with Crippen LogP contribution < -0.4 is 0 Å². The molecule has 2 aromatic rings. The third-order valence-corrected chi connectivity index (χ3v) is 3.03. The van der Waals surface area contributed by atoms with Crippen molar-refractivity contribution in [3.05, 3.63) is 61.3 Å². The lowest BCUT2D eigenvalue weighted by atomic mass is 10.1. The summed E-state index contributed by atoms with van der Waals surface area (Å²) in [7, 11) is 0. The molecule has 98 valence electrons. The summed E-state index contributed by atoms with van der Waals surface area (Å²) < 4.78 is 0. The minimum absolute atomic E-state index is 0.0886. The molecule has 3 heteroatoms. The molecule has 0 atom stereocenters. The van der Waals surface area contributed by atoms with Crippen molar-refractivity contribution in [1.29, 1.82) is 0 Å². The highest BCUT2D eigenvalue weighted by atomic mass is 16.2. The van der Waals surface area contributed by atoms with Crippen LogP contribution in [0.15, 0.2) is 55.8 Å². The number of carbonyl (C=O) groups excluding carboxylic acids is 1. The summed E-state index contributed by atoms with van der Waals surface area (Å²) in [5.74, 6) is 0.0886. The Bertz CT molecular complexity index is 588. The summed E-state index contributed by atoms with van der Waals surface area (Å²) >= 11 is 0. The number of hydrogen-bond donors (Lipinski definition) is 1. The van der Waals surface area contributed by atoms with E-state index < -0.39 is 0 Å². The quantitative estimate of drug-likeness (QED) is 0.790. The van der Waals surface area contributed by atoms with E-state index in [1.807, 2.05) is 30.5 Å². The fraction of sp³-hybridized carbons (Fsp3) is 0.188. The molecular weight excluding hydrogens is 236 g/mol. The van der Waals surface area contributed by atoms with Crippen molar-refractivity contribution < 1.29 is 4.79 Å². The molecule has 1 N–H and O–H groups in total. The first-order chi connectivity index (χ1) is 9.24. The molecule has 0 fully saturated rings. The van der Waals surface area contributed by atoms with Crippen LogP contribution in [0.1, 0.15) is 5.56 Å². The van der Waals surface area contributed by atoms with Crippen LogP contribution in [0.3, 0.4) is 0 Å². The number of aromatic nitrogens is 1. The van der Waals surface area contributed by atoms with Gasteiger partial charge in [-0.15, -0.1) is 13.2 Å². The Balaban J connectivity index is 2.11. The lowest BCUT2D eigenvalue weighted by molar-refractivity contribution is -0.129. The predicted molar refractivity (Wildman–Crippen MR) is 79.0 cm³/mol. The number of rotatable bonds is 6. The zero-order valence-corrected chi connectivity index (χ0v) is 10.9. The monoisotopic (exact) mass is 254 g/mol. The van der Waals surface area contributed by atoms with Gasteiger partial charge in [0.15, 0.2) is 0 Å². The number of benzene rings is 1. The minimum atomic E-state index is 0.0886. The van der Waals surface area contributed by atoms with E-state index in [-0.39, 0.29) is 5.91 Å². The Morgan fingerprint density at radius 3 is 2.63 bits per heavy atom. The summed E-state index contributed by atoms with van der Waals surface area (Å²) in [6.07, 6.45) is 5.76. The average molecular weight is 254 g/mol. The van der Waals surface area contributed by atoms with Gasteiger partial charge in [-0.3, -0.25) is 4.79 Å². The van der Waals surface area contributed by atoms with Gasteiger partial charge in [0.2, 0.25) is 5.91 Å². The summed E-state index contributed by atoms with van der Waals surface area (Å²) in [4.78, 5) is 17.1. The topological polar surface area (TPSA) is 36.1 Å². The average Bonchev–Trinajstić information content (AvgIpc) is 2.86. The smallest absolute Gasteiger partial charge is 0.227 e. The Hall–Kier alpha value is -2.29. The van der Waals surface area contributed by atoms with E-state index in [2.05, 4.69) is 18.1 Å². The van der Waals surface area contributed by atoms with Crippen molar-refractivity contribution in [2.24, 2.45) is 0 Å². The summed E-state index contributed by atoms with van der Waals surface area (Å²) in [6.45, 7) is 8.45. The molecule has 3 nitrogen and oxygen atoms in total. The first kappa shape index (κ1) is 13.1. The maximum absolute atomic E-state index is 12.2. The van der Waals surface area contributed by atoms with Crippen LogP contribution in [0.4, 0.5) is 0 Å². The van der Waals surface area contributed by atoms with E-state index in [0.717, 1.165) is 16.5 Å². The van der Waals surface area contributed by atoms with Gasteiger partial charge in [-0.25, -0.2) is 0 Å². The Morgan fingerprint density at radius 2 is 1.95 bits per heavy atom. The molecule has 2 rings (SSSR count). The second-order valence-electron chi connectivity index (χ2n) is 4.45. The second-order valence-corrected chi connectivity index (χ2v) is 4.45. The number of hydrogen-bond acceptors (Lipinski definition) is 1. The maximum Gasteiger partial charge on any atom is 0.227 e. The highest BCUT2D eigenvalue weighted by Crippen LogP contribution is 2.15. The lowest BCUT2D eigenvalue weighted by Gasteiger charge is -2.19. The van der Waals surface area contributed by atoms with Crippen LogP contribution in [0.5, 0.6) is 0 Å². The molecule has 1 heterocycles. The molecule has 1 aromatic heterocycles. The van der Waals surface area contributed by atoms with E-state index in [0.29, 0.717) is 19.5 Å². The van der Waals surface area contributed by atoms with E-state index >= 15 is 0 Å². The van der Waals surface area contributed by atoms with Gasteiger partial charge in [0.05, 0.1) is 6.42 Å². The van der Waals surface area contributed by atoms with Crippen molar-refractivity contribution in [3.8, 4) is 0 Å². The third kappa shape index (κ3) is 3.13. The van der Waals surface area contributed by atoms with Gasteiger partial charge < -0.3 is 9.88 Å². The molecule has 0 saturated heterocycles. The van der Waals surface area contributed by atoms with Crippen molar-refractivity contribution >= 4 is 16.8 Å². The van der Waals surface area contributed by atoms with Crippen molar-refractivity contribution in [2.75, 3.05) is 13.1 Å². The molecule has 0 radical (unpaired) electrons. The molecule has 0 unspecified atom stereocenters. The van der Waals surface area contributed by atoms with Gasteiger partial charge in [0, 0.05) is 24.8 Å². The lowest BCUT2D eigenvalue weighted by Crippen LogP contribution is -2.32. The van der Waals surface area contributed by atoms with Gasteiger partial charge in [-0.2, -0.15) is 0 Å². The normalized spacial score (nSPS) is 10.3. The number of amides is 1. The first-order valence-electron chi connectivity index (χ1n) is 6.30. The van der Waals surface area contributed by atoms with Crippen LogP contribution >= 0.6 is 0 Å². The summed E-state index contributed by atoms with van der Waals surface area (Å²) in [5, 5.41) is 1.16. The number of fused-ring (bicyclic) bond motifs is 1. The number of aromatic amines is 1. The Kier molecular flexibility index (Phi) is 4.18. The van der Waals surface area contributed by atoms with E-state index in [1.165, 1.54) is 0 Å². The molecular formula is C16H18N2O. The molecule has 19 heavy (non-hydrogen) atoms. The van der Waals surface area contributed by atoms with Gasteiger partial charge >= 0.3 is 0 Å². The minimum Gasteiger partial charge on any atom is -0.361 e. The first-order valence-corrected chi connectivity index (χ1v) is 6.30. The second kappa shape index (κ2) is 6.05. The summed E-state index contributed by atoms with van der Waals surface area (Å²) in [6, 6.07) is 8.06. The SMILES string of the molecule is C=CCN(CC=C)C(=O)Cc1ccc2cc[nH]c2c1. The Morgan fingerprint density at radius 1 is 1.21 bits per heavy atom. The molecule has 0 aliphatic heterocycles. The van der Waals surface area contributed by atoms with E-state index in [1.54, 1.807) is 17.1 Å². The zero-order chi connectivity index (χ0) is 13.7. The molecule has 0 aliphatic carbocycles. The highest BCUT2D eigenvalue weighted by Gasteiger charge is 2.11. The highest BCUT2D eigenvalue weighted by molar-refractivity contribution is 5.83. The molecule has 1 aromatic carbocycles. The van der Waals surface area contributed by atoms with Crippen molar-refractivity contribution in [1.82, 2.24) is 9.88 Å². The number of carbonyl (C=O) groups is 1. The van der Waals surface area contributed by atoms with Gasteiger partial charge in [-0.05, 0) is 23.1 Å². The molecule has 0 spiro atoms. The fourth-order valence-corrected chi connectivity index (χ4v) is 2.08. The van der Waals surface area contributed by atoms with Crippen LogP contribution in [0.25, 0.3) is 10.9 Å². The number of H-pyrrole nitrogens is 1. The molecule has 1 amide bonds. The van der Waals surface area contributed by atoms with E-state index in [4.69, 9.17) is 0 Å². The van der Waals surface area contributed by atoms with Crippen LogP contribution in [-0.2, 0) is 11.2 Å². The van der Waals surface area contributed by atoms with Gasteiger partial charge in [0.25, 0.3) is 0 Å². The van der Waals surface area contributed by atoms with Crippen LogP contribution in [-0.4, -0.2) is 28.9 Å². The Labute approximate surface area is 113 Å². The molecule has 0 saturated carbocycles. The van der Waals surface area contributed by atoms with Gasteiger partial charge in [0.1, 0.15) is 0 Å². The van der Waals surface area contributed by atoms with E-state index in [9.17, 15) is 4.79 Å². The number of nitrogens with zero attached hydrogens (tertiary/aromatic N) is 1. The van der Waals surface area contributed by atoms with Crippen molar-refractivity contribution in [2.45, 2.75) is 6.42 Å². The van der Waals surface area contributed by atoms with Crippen LogP contribution in [0, 0.1) is 0 Å². The zero-order valence-electron chi connectivity index (χ0n) is 10.9. The standard InChI is InChI=1S/C16H18N2O/c1-3-9-18(10-4-2)16(19)12-13-5-6-14-7-8-17-15(14)11-13/h3-8,11,17H,1-2,9-10,12H2. The number of nitrogens with one attached hydrogen (secondary N) is 1.